The highest BCUT2D eigenvalue weighted by Crippen LogP contribution is 2.27. The van der Waals surface area contributed by atoms with Crippen LogP contribution in [0.1, 0.15) is 16.7 Å². The van der Waals surface area contributed by atoms with Gasteiger partial charge in [0.15, 0.2) is 5.96 Å². The molecule has 3 rings (SSSR count). The van der Waals surface area contributed by atoms with Crippen LogP contribution in [0, 0.1) is 5.82 Å². The van der Waals surface area contributed by atoms with Gasteiger partial charge in [-0.1, -0.05) is 24.3 Å². The maximum Gasteiger partial charge on any atom is 0.191 e. The third-order valence-electron chi connectivity index (χ3n) is 4.30. The van der Waals surface area contributed by atoms with E-state index in [1.807, 2.05) is 18.2 Å². The number of nitrogens with zero attached hydrogens (tertiary/aromatic N) is 1. The minimum Gasteiger partial charge on any atom is -0.488 e. The lowest BCUT2D eigenvalue weighted by molar-refractivity contribution is 0.181. The Bertz CT molecular complexity index is 754. The van der Waals surface area contributed by atoms with E-state index in [1.165, 1.54) is 11.6 Å². The zero-order valence-corrected chi connectivity index (χ0v) is 15.1. The Balaban J connectivity index is 1.49. The summed E-state index contributed by atoms with van der Waals surface area (Å²) in [6, 6.07) is 13.1. The van der Waals surface area contributed by atoms with Crippen molar-refractivity contribution in [2.24, 2.45) is 4.99 Å². The Morgan fingerprint density at radius 1 is 1.27 bits per heavy atom. The molecule has 2 aromatic carbocycles. The van der Waals surface area contributed by atoms with Gasteiger partial charge in [-0.25, -0.2) is 4.39 Å². The first kappa shape index (κ1) is 18.2. The smallest absolute Gasteiger partial charge is 0.191 e. The van der Waals surface area contributed by atoms with Crippen molar-refractivity contribution in [3.63, 3.8) is 0 Å². The van der Waals surface area contributed by atoms with Crippen LogP contribution in [-0.4, -0.2) is 32.8 Å². The summed E-state index contributed by atoms with van der Waals surface area (Å²) in [6.45, 7) is 1.46. The third-order valence-corrected chi connectivity index (χ3v) is 4.30. The fourth-order valence-electron chi connectivity index (χ4n) is 2.99. The number of ether oxygens (including phenoxy) is 2. The summed E-state index contributed by atoms with van der Waals surface area (Å²) in [5.41, 5.74) is 2.75. The predicted molar refractivity (Wildman–Crippen MR) is 99.9 cm³/mol. The molecule has 1 atom stereocenters. The van der Waals surface area contributed by atoms with Crippen LogP contribution in [-0.2, 0) is 24.3 Å². The van der Waals surface area contributed by atoms with Crippen LogP contribution in [0.15, 0.2) is 47.5 Å². The Labute approximate surface area is 153 Å². The SMILES string of the molecule is CN=C(NCc1ccc(F)c(COC)c1)NCC1Cc2ccccc2O1. The first-order chi connectivity index (χ1) is 12.7. The molecule has 1 heterocycles. The van der Waals surface area contributed by atoms with Gasteiger partial charge in [-0.05, 0) is 29.3 Å². The van der Waals surface area contributed by atoms with Crippen LogP contribution in [0.4, 0.5) is 4.39 Å². The van der Waals surface area contributed by atoms with Crippen LogP contribution in [0.25, 0.3) is 0 Å². The van der Waals surface area contributed by atoms with Crippen molar-refractivity contribution in [3.05, 3.63) is 65.0 Å². The Morgan fingerprint density at radius 2 is 2.12 bits per heavy atom. The van der Waals surface area contributed by atoms with Crippen molar-refractivity contribution in [1.82, 2.24) is 10.6 Å². The molecule has 138 valence electrons. The predicted octanol–water partition coefficient (Wildman–Crippen LogP) is 2.64. The van der Waals surface area contributed by atoms with Gasteiger partial charge in [0.05, 0.1) is 13.2 Å². The van der Waals surface area contributed by atoms with E-state index in [1.54, 1.807) is 26.3 Å². The molecule has 0 aromatic heterocycles. The van der Waals surface area contributed by atoms with Crippen LogP contribution in [0.2, 0.25) is 0 Å². The van der Waals surface area contributed by atoms with Gasteiger partial charge in [-0.2, -0.15) is 0 Å². The van der Waals surface area contributed by atoms with E-state index >= 15 is 0 Å². The summed E-state index contributed by atoms with van der Waals surface area (Å²) < 4.78 is 24.6. The molecule has 0 fully saturated rings. The van der Waals surface area contributed by atoms with Crippen LogP contribution in [0.5, 0.6) is 5.75 Å². The second-order valence-electron chi connectivity index (χ2n) is 6.22. The molecule has 6 heteroatoms. The minimum atomic E-state index is -0.254. The molecular weight excluding hydrogens is 333 g/mol. The Hall–Kier alpha value is -2.60. The number of guanidine groups is 1. The van der Waals surface area contributed by atoms with Crippen LogP contribution in [0.3, 0.4) is 0 Å². The summed E-state index contributed by atoms with van der Waals surface area (Å²) in [5, 5.41) is 6.52. The van der Waals surface area contributed by atoms with E-state index in [9.17, 15) is 4.39 Å². The molecule has 0 amide bonds. The third kappa shape index (κ3) is 4.52. The van der Waals surface area contributed by atoms with Crippen molar-refractivity contribution in [2.45, 2.75) is 25.7 Å². The van der Waals surface area contributed by atoms with Gasteiger partial charge >= 0.3 is 0 Å². The number of rotatable bonds is 6. The summed E-state index contributed by atoms with van der Waals surface area (Å²) in [6.07, 6.45) is 0.975. The van der Waals surface area contributed by atoms with E-state index in [2.05, 4.69) is 21.7 Å². The molecule has 1 unspecified atom stereocenters. The van der Waals surface area contributed by atoms with Crippen molar-refractivity contribution in [1.29, 1.82) is 0 Å². The minimum absolute atomic E-state index is 0.0880. The van der Waals surface area contributed by atoms with E-state index in [-0.39, 0.29) is 18.5 Å². The molecule has 0 saturated heterocycles. The first-order valence-electron chi connectivity index (χ1n) is 8.65. The van der Waals surface area contributed by atoms with Crippen LogP contribution >= 0.6 is 0 Å². The number of aliphatic imine (C=N–C) groups is 1. The zero-order chi connectivity index (χ0) is 18.4. The second kappa shape index (κ2) is 8.67. The van der Waals surface area contributed by atoms with Gasteiger partial charge < -0.3 is 20.1 Å². The van der Waals surface area contributed by atoms with Crippen molar-refractivity contribution < 1.29 is 13.9 Å². The largest absolute Gasteiger partial charge is 0.488 e. The highest BCUT2D eigenvalue weighted by atomic mass is 19.1. The zero-order valence-electron chi connectivity index (χ0n) is 15.1. The van der Waals surface area contributed by atoms with Gasteiger partial charge in [0.2, 0.25) is 0 Å². The van der Waals surface area contributed by atoms with E-state index in [0.717, 1.165) is 17.7 Å². The maximum absolute atomic E-state index is 13.7. The van der Waals surface area contributed by atoms with Gasteiger partial charge in [0.1, 0.15) is 17.7 Å². The first-order valence-corrected chi connectivity index (χ1v) is 8.65. The van der Waals surface area contributed by atoms with Crippen LogP contribution < -0.4 is 15.4 Å². The molecule has 0 spiro atoms. The highest BCUT2D eigenvalue weighted by Gasteiger charge is 2.22. The number of halogens is 1. The summed E-state index contributed by atoms with van der Waals surface area (Å²) in [7, 11) is 3.28. The van der Waals surface area contributed by atoms with E-state index < -0.39 is 0 Å². The van der Waals surface area contributed by atoms with Crippen molar-refractivity contribution >= 4 is 5.96 Å². The number of hydrogen-bond donors (Lipinski definition) is 2. The number of hydrogen-bond acceptors (Lipinski definition) is 3. The molecule has 1 aliphatic rings. The molecule has 1 aliphatic heterocycles. The lowest BCUT2D eigenvalue weighted by atomic mass is 10.1. The number of benzene rings is 2. The number of methoxy groups -OCH3 is 1. The van der Waals surface area contributed by atoms with Gasteiger partial charge in [0.25, 0.3) is 0 Å². The molecule has 5 nitrogen and oxygen atoms in total. The molecule has 0 aliphatic carbocycles. The molecule has 2 N–H and O–H groups in total. The van der Waals surface area contributed by atoms with Crippen molar-refractivity contribution in [2.75, 3.05) is 20.7 Å². The molecular formula is C20H24FN3O2. The molecule has 0 saturated carbocycles. The highest BCUT2D eigenvalue weighted by molar-refractivity contribution is 5.79. The van der Waals surface area contributed by atoms with Gasteiger partial charge in [-0.15, -0.1) is 0 Å². The molecule has 2 aromatic rings. The Kier molecular flexibility index (Phi) is 6.07. The summed E-state index contributed by atoms with van der Waals surface area (Å²) in [5.74, 6) is 1.39. The quantitative estimate of drug-likeness (QED) is 0.616. The van der Waals surface area contributed by atoms with Gasteiger partial charge in [0, 0.05) is 32.7 Å². The fourth-order valence-corrected chi connectivity index (χ4v) is 2.99. The lowest BCUT2D eigenvalue weighted by Gasteiger charge is -2.16. The average molecular weight is 357 g/mol. The Morgan fingerprint density at radius 3 is 2.88 bits per heavy atom. The lowest BCUT2D eigenvalue weighted by Crippen LogP contribution is -2.41. The molecule has 0 bridgehead atoms. The van der Waals surface area contributed by atoms with E-state index in [4.69, 9.17) is 9.47 Å². The molecule has 26 heavy (non-hydrogen) atoms. The number of nitrogens with one attached hydrogen (secondary N) is 2. The van der Waals surface area contributed by atoms with Gasteiger partial charge in [-0.3, -0.25) is 4.99 Å². The summed E-state index contributed by atoms with van der Waals surface area (Å²) >= 11 is 0. The van der Waals surface area contributed by atoms with Crippen molar-refractivity contribution in [3.8, 4) is 5.75 Å². The molecule has 0 radical (unpaired) electrons. The fraction of sp³-hybridized carbons (Fsp3) is 0.350. The summed E-state index contributed by atoms with van der Waals surface area (Å²) in [4.78, 5) is 4.23. The maximum atomic E-state index is 13.7. The van der Waals surface area contributed by atoms with E-state index in [0.29, 0.717) is 24.6 Å². The number of fused-ring (bicyclic) bond motifs is 1. The topological polar surface area (TPSA) is 54.9 Å². The standard InChI is InChI=1S/C20H24FN3O2/c1-22-20(23-11-14-7-8-18(21)16(9-14)13-25-2)24-12-17-10-15-5-3-4-6-19(15)26-17/h3-9,17H,10-13H2,1-2H3,(H2,22,23,24). The second-order valence-corrected chi connectivity index (χ2v) is 6.22. The average Bonchev–Trinajstić information content (AvgIpc) is 3.07. The normalized spacial score (nSPS) is 16.1. The monoisotopic (exact) mass is 357 g/mol. The number of para-hydroxylation sites is 1.